The molecule has 0 saturated carbocycles. The molecule has 1 atom stereocenters. The number of aryl methyl sites for hydroxylation is 5. The first-order valence-electron chi connectivity index (χ1n) is 14.4. The Bertz CT molecular complexity index is 1730. The molecule has 2 aromatic heterocycles. The van der Waals surface area contributed by atoms with Crippen LogP contribution in [0.4, 0.5) is 5.69 Å². The predicted molar refractivity (Wildman–Crippen MR) is 164 cm³/mol. The Morgan fingerprint density at radius 2 is 1.66 bits per heavy atom. The molecule has 0 amide bonds. The molecule has 1 N–H and O–H groups in total. The van der Waals surface area contributed by atoms with E-state index < -0.39 is 0 Å². The summed E-state index contributed by atoms with van der Waals surface area (Å²) in [6, 6.07) is 22.7. The maximum Gasteiger partial charge on any atom is 0.253 e. The highest BCUT2D eigenvalue weighted by atomic mass is 16.1. The fourth-order valence-corrected chi connectivity index (χ4v) is 6.14. The van der Waals surface area contributed by atoms with Gasteiger partial charge in [0.15, 0.2) is 5.82 Å². The first kappa shape index (κ1) is 26.9. The Morgan fingerprint density at radius 1 is 0.878 bits per heavy atom. The van der Waals surface area contributed by atoms with E-state index in [-0.39, 0.29) is 11.6 Å². The molecular weight excluding hydrogens is 510 g/mol. The van der Waals surface area contributed by atoms with Crippen LogP contribution in [0.3, 0.4) is 0 Å². The van der Waals surface area contributed by atoms with Crippen molar-refractivity contribution in [1.29, 1.82) is 0 Å². The largest absolute Gasteiger partial charge is 0.369 e. The van der Waals surface area contributed by atoms with Crippen molar-refractivity contribution in [2.24, 2.45) is 0 Å². The first-order chi connectivity index (χ1) is 19.9. The molecule has 1 aliphatic heterocycles. The van der Waals surface area contributed by atoms with Gasteiger partial charge >= 0.3 is 0 Å². The minimum absolute atomic E-state index is 0.0953. The Balaban J connectivity index is 1.37. The zero-order chi connectivity index (χ0) is 28.5. The third kappa shape index (κ3) is 5.39. The van der Waals surface area contributed by atoms with E-state index in [0.717, 1.165) is 54.6 Å². The maximum absolute atomic E-state index is 13.7. The van der Waals surface area contributed by atoms with Gasteiger partial charge in [-0.15, -0.1) is 5.10 Å². The normalized spacial score (nSPS) is 15.0. The molecule has 1 fully saturated rings. The number of hydrogen-bond donors (Lipinski definition) is 1. The van der Waals surface area contributed by atoms with Gasteiger partial charge in [0.2, 0.25) is 0 Å². The molecule has 0 unspecified atom stereocenters. The van der Waals surface area contributed by atoms with Crippen LogP contribution >= 0.6 is 0 Å². The van der Waals surface area contributed by atoms with E-state index in [1.54, 1.807) is 0 Å². The molecule has 1 aliphatic rings. The van der Waals surface area contributed by atoms with Crippen LogP contribution in [0.1, 0.15) is 45.2 Å². The maximum atomic E-state index is 13.7. The Kier molecular flexibility index (Phi) is 7.41. The molecule has 8 nitrogen and oxygen atoms in total. The number of aromatic amines is 1. The molecule has 0 bridgehead atoms. The minimum Gasteiger partial charge on any atom is -0.369 e. The summed E-state index contributed by atoms with van der Waals surface area (Å²) in [6.45, 7) is 12.4. The van der Waals surface area contributed by atoms with Crippen LogP contribution in [0.5, 0.6) is 0 Å². The average Bonchev–Trinajstić information content (AvgIpc) is 3.43. The smallest absolute Gasteiger partial charge is 0.253 e. The summed E-state index contributed by atoms with van der Waals surface area (Å²) in [5, 5.41) is 14.1. The van der Waals surface area contributed by atoms with Gasteiger partial charge in [0.1, 0.15) is 6.04 Å². The van der Waals surface area contributed by atoms with Crippen molar-refractivity contribution in [2.45, 2.75) is 46.7 Å². The van der Waals surface area contributed by atoms with E-state index in [0.29, 0.717) is 17.9 Å². The zero-order valence-corrected chi connectivity index (χ0v) is 24.3. The fraction of sp³-hybridized carbons (Fsp3) is 0.333. The van der Waals surface area contributed by atoms with E-state index in [1.807, 2.05) is 28.9 Å². The SMILES string of the molecule is Cc1cc(C)c2cc([C@H](c3nnnn3CCc3ccccc3)N3CCN(c4cccc(C)c4C)CC3)c(=O)[nH]c2c1. The molecule has 210 valence electrons. The highest BCUT2D eigenvalue weighted by molar-refractivity contribution is 5.83. The number of piperazine rings is 1. The van der Waals surface area contributed by atoms with Crippen molar-refractivity contribution in [3.05, 3.63) is 116 Å². The summed E-state index contributed by atoms with van der Waals surface area (Å²) in [5.41, 5.74) is 8.83. The summed E-state index contributed by atoms with van der Waals surface area (Å²) in [7, 11) is 0. The number of nitrogens with zero attached hydrogens (tertiary/aromatic N) is 6. The number of hydrogen-bond acceptors (Lipinski definition) is 6. The summed E-state index contributed by atoms with van der Waals surface area (Å²) in [4.78, 5) is 21.7. The number of rotatable bonds is 7. The molecule has 0 radical (unpaired) electrons. The molecule has 6 rings (SSSR count). The van der Waals surface area contributed by atoms with Crippen molar-refractivity contribution in [1.82, 2.24) is 30.1 Å². The Labute approximate surface area is 240 Å². The minimum atomic E-state index is -0.365. The molecule has 0 spiro atoms. The van der Waals surface area contributed by atoms with Crippen molar-refractivity contribution in [3.8, 4) is 0 Å². The van der Waals surface area contributed by atoms with Crippen LogP contribution in [-0.4, -0.2) is 56.3 Å². The van der Waals surface area contributed by atoms with Gasteiger partial charge in [0.05, 0.1) is 0 Å². The summed E-state index contributed by atoms with van der Waals surface area (Å²) >= 11 is 0. The van der Waals surface area contributed by atoms with Crippen LogP contribution in [0, 0.1) is 27.7 Å². The Morgan fingerprint density at radius 3 is 2.44 bits per heavy atom. The lowest BCUT2D eigenvalue weighted by atomic mass is 9.99. The van der Waals surface area contributed by atoms with Crippen molar-refractivity contribution in [3.63, 3.8) is 0 Å². The number of nitrogens with one attached hydrogen (secondary N) is 1. The van der Waals surface area contributed by atoms with Gasteiger partial charge in [0.25, 0.3) is 5.56 Å². The number of anilines is 1. The Hall–Kier alpha value is -4.30. The molecule has 3 heterocycles. The molecule has 8 heteroatoms. The second-order valence-corrected chi connectivity index (χ2v) is 11.2. The number of benzene rings is 3. The number of fused-ring (bicyclic) bond motifs is 1. The molecule has 3 aromatic carbocycles. The first-order valence-corrected chi connectivity index (χ1v) is 14.4. The van der Waals surface area contributed by atoms with Crippen LogP contribution in [-0.2, 0) is 13.0 Å². The van der Waals surface area contributed by atoms with Gasteiger partial charge in [0, 0.05) is 54.9 Å². The quantitative estimate of drug-likeness (QED) is 0.312. The third-order valence-corrected chi connectivity index (χ3v) is 8.49. The standard InChI is InChI=1S/C33H37N7O/c1-22-19-24(3)27-21-28(33(41)34-29(27)20-22)31(32-35-36-37-40(32)14-13-26-10-6-5-7-11-26)39-17-15-38(16-18-39)30-12-8-9-23(2)25(30)4/h5-12,19-21,31H,13-18H2,1-4H3,(H,34,41)/t31-/m1/s1. The van der Waals surface area contributed by atoms with Crippen molar-refractivity contribution < 1.29 is 0 Å². The second-order valence-electron chi connectivity index (χ2n) is 11.2. The number of H-pyrrole nitrogens is 1. The zero-order valence-electron chi connectivity index (χ0n) is 24.3. The summed E-state index contributed by atoms with van der Waals surface area (Å²) < 4.78 is 1.88. The van der Waals surface area contributed by atoms with E-state index in [4.69, 9.17) is 0 Å². The molecule has 1 saturated heterocycles. The van der Waals surface area contributed by atoms with Gasteiger partial charge in [-0.2, -0.15) is 0 Å². The number of aromatic nitrogens is 5. The average molecular weight is 548 g/mol. The van der Waals surface area contributed by atoms with E-state index in [1.165, 1.54) is 22.4 Å². The van der Waals surface area contributed by atoms with Crippen LogP contribution < -0.4 is 10.5 Å². The van der Waals surface area contributed by atoms with Crippen molar-refractivity contribution in [2.75, 3.05) is 31.1 Å². The van der Waals surface area contributed by atoms with Crippen LogP contribution in [0.15, 0.2) is 71.5 Å². The molecular formula is C33H37N7O. The van der Waals surface area contributed by atoms with E-state index in [9.17, 15) is 4.79 Å². The third-order valence-electron chi connectivity index (χ3n) is 8.49. The van der Waals surface area contributed by atoms with Gasteiger partial charge in [-0.1, -0.05) is 48.5 Å². The highest BCUT2D eigenvalue weighted by Gasteiger charge is 2.33. The van der Waals surface area contributed by atoms with Gasteiger partial charge < -0.3 is 9.88 Å². The number of pyridine rings is 1. The second kappa shape index (κ2) is 11.3. The predicted octanol–water partition coefficient (Wildman–Crippen LogP) is 4.90. The molecule has 5 aromatic rings. The monoisotopic (exact) mass is 547 g/mol. The van der Waals surface area contributed by atoms with E-state index >= 15 is 0 Å². The van der Waals surface area contributed by atoms with Gasteiger partial charge in [-0.05, 0) is 90.6 Å². The summed E-state index contributed by atoms with van der Waals surface area (Å²) in [6.07, 6.45) is 0.804. The fourth-order valence-electron chi connectivity index (χ4n) is 6.14. The highest BCUT2D eigenvalue weighted by Crippen LogP contribution is 2.31. The summed E-state index contributed by atoms with van der Waals surface area (Å²) in [5.74, 6) is 0.704. The van der Waals surface area contributed by atoms with Gasteiger partial charge in [-0.3, -0.25) is 9.69 Å². The van der Waals surface area contributed by atoms with Gasteiger partial charge in [-0.25, -0.2) is 4.68 Å². The lowest BCUT2D eigenvalue weighted by Crippen LogP contribution is -2.49. The lowest BCUT2D eigenvalue weighted by molar-refractivity contribution is 0.199. The number of tetrazole rings is 1. The molecule has 41 heavy (non-hydrogen) atoms. The topological polar surface area (TPSA) is 82.9 Å². The van der Waals surface area contributed by atoms with Crippen LogP contribution in [0.25, 0.3) is 10.9 Å². The lowest BCUT2D eigenvalue weighted by Gasteiger charge is -2.40. The molecule has 0 aliphatic carbocycles. The van der Waals surface area contributed by atoms with E-state index in [2.05, 4.69) is 100 Å². The van der Waals surface area contributed by atoms with Crippen molar-refractivity contribution >= 4 is 16.6 Å². The van der Waals surface area contributed by atoms with Crippen LogP contribution in [0.2, 0.25) is 0 Å².